The third-order valence-corrected chi connectivity index (χ3v) is 4.46. The van der Waals surface area contributed by atoms with Crippen LogP contribution in [0.25, 0.3) is 0 Å². The van der Waals surface area contributed by atoms with Crippen LogP contribution in [0.5, 0.6) is 0 Å². The molecule has 0 aromatic heterocycles. The molecule has 168 valence electrons. The molecule has 1 N–H and O–H groups in total. The number of ketones is 1. The highest BCUT2D eigenvalue weighted by molar-refractivity contribution is 5.85. The van der Waals surface area contributed by atoms with Gasteiger partial charge in [0.05, 0.1) is 19.6 Å². The highest BCUT2D eigenvalue weighted by Gasteiger charge is 2.24. The number of ether oxygens (including phenoxy) is 2. The molecule has 0 saturated carbocycles. The fourth-order valence-corrected chi connectivity index (χ4v) is 3.04. The van der Waals surface area contributed by atoms with Crippen LogP contribution in [-0.4, -0.2) is 36.6 Å². The van der Waals surface area contributed by atoms with Gasteiger partial charge in [-0.05, 0) is 51.2 Å². The lowest BCUT2D eigenvalue weighted by Crippen LogP contribution is -2.35. The van der Waals surface area contributed by atoms with Crippen molar-refractivity contribution in [3.05, 3.63) is 34.9 Å². The molecule has 1 amide bonds. The van der Waals surface area contributed by atoms with E-state index in [0.717, 1.165) is 16.7 Å². The lowest BCUT2D eigenvalue weighted by Gasteiger charge is -2.24. The van der Waals surface area contributed by atoms with Crippen LogP contribution in [0.2, 0.25) is 0 Å². The standard InChI is InChI=1S/C24H37NO5/c1-9-29-21(27)14-18(13-20(26)15-25-22(28)30-24(6,7)8)17-10-16(2)11-19(12-17)23(3,4)5/h10-12,18H,9,13-15H2,1-8H3,(H,25,28). The van der Waals surface area contributed by atoms with Gasteiger partial charge >= 0.3 is 12.1 Å². The molecule has 1 unspecified atom stereocenters. The first-order chi connectivity index (χ1) is 13.7. The summed E-state index contributed by atoms with van der Waals surface area (Å²) < 4.78 is 10.3. The molecule has 1 rings (SSSR count). The van der Waals surface area contributed by atoms with E-state index in [1.807, 2.05) is 13.0 Å². The van der Waals surface area contributed by atoms with Gasteiger partial charge in [-0.15, -0.1) is 0 Å². The minimum absolute atomic E-state index is 0.0580. The Hall–Kier alpha value is -2.37. The number of Topliss-reactive ketones (excluding diaryl/α,β-unsaturated/α-hetero) is 1. The van der Waals surface area contributed by atoms with Crippen LogP contribution in [0.1, 0.15) is 83.9 Å². The molecule has 0 heterocycles. The van der Waals surface area contributed by atoms with Crippen molar-refractivity contribution < 1.29 is 23.9 Å². The zero-order valence-corrected chi connectivity index (χ0v) is 19.7. The molecule has 0 spiro atoms. The monoisotopic (exact) mass is 419 g/mol. The first kappa shape index (κ1) is 25.7. The number of carbonyl (C=O) groups excluding carboxylic acids is 3. The summed E-state index contributed by atoms with van der Waals surface area (Å²) in [4.78, 5) is 36.6. The van der Waals surface area contributed by atoms with Crippen LogP contribution in [0.3, 0.4) is 0 Å². The molecule has 0 saturated heterocycles. The zero-order chi connectivity index (χ0) is 23.1. The molecule has 0 aliphatic heterocycles. The Morgan fingerprint density at radius 1 is 1.00 bits per heavy atom. The molecule has 0 aliphatic carbocycles. The minimum atomic E-state index is -0.636. The fourth-order valence-electron chi connectivity index (χ4n) is 3.04. The summed E-state index contributed by atoms with van der Waals surface area (Å²) in [5.41, 5.74) is 2.46. The molecule has 1 atom stereocenters. The molecule has 0 aliphatic rings. The van der Waals surface area contributed by atoms with Crippen molar-refractivity contribution in [2.24, 2.45) is 0 Å². The largest absolute Gasteiger partial charge is 0.466 e. The lowest BCUT2D eigenvalue weighted by atomic mass is 9.81. The van der Waals surface area contributed by atoms with Gasteiger partial charge in [-0.3, -0.25) is 9.59 Å². The van der Waals surface area contributed by atoms with E-state index in [1.54, 1.807) is 27.7 Å². The van der Waals surface area contributed by atoms with E-state index in [0.29, 0.717) is 6.61 Å². The minimum Gasteiger partial charge on any atom is -0.466 e. The second kappa shape index (κ2) is 10.6. The van der Waals surface area contributed by atoms with Gasteiger partial charge in [0.2, 0.25) is 0 Å². The van der Waals surface area contributed by atoms with Crippen molar-refractivity contribution in [1.82, 2.24) is 5.32 Å². The highest BCUT2D eigenvalue weighted by Crippen LogP contribution is 2.31. The van der Waals surface area contributed by atoms with Crippen LogP contribution < -0.4 is 5.32 Å². The Kier molecular flexibility index (Phi) is 9.07. The van der Waals surface area contributed by atoms with Crippen LogP contribution in [0, 0.1) is 6.92 Å². The average molecular weight is 420 g/mol. The normalized spacial score (nSPS) is 12.8. The summed E-state index contributed by atoms with van der Waals surface area (Å²) >= 11 is 0. The van der Waals surface area contributed by atoms with Crippen LogP contribution in [0.15, 0.2) is 18.2 Å². The SMILES string of the molecule is CCOC(=O)CC(CC(=O)CNC(=O)OC(C)(C)C)c1cc(C)cc(C(C)(C)C)c1. The molecule has 1 aromatic rings. The van der Waals surface area contributed by atoms with Crippen molar-refractivity contribution in [3.63, 3.8) is 0 Å². The van der Waals surface area contributed by atoms with E-state index in [-0.39, 0.29) is 42.5 Å². The van der Waals surface area contributed by atoms with Crippen molar-refractivity contribution >= 4 is 17.8 Å². The van der Waals surface area contributed by atoms with Gasteiger partial charge in [-0.2, -0.15) is 0 Å². The maximum Gasteiger partial charge on any atom is 0.408 e. The first-order valence-corrected chi connectivity index (χ1v) is 10.5. The van der Waals surface area contributed by atoms with E-state index in [9.17, 15) is 14.4 Å². The van der Waals surface area contributed by atoms with E-state index in [1.165, 1.54) is 0 Å². The zero-order valence-electron chi connectivity index (χ0n) is 19.7. The molecule has 0 fully saturated rings. The maximum absolute atomic E-state index is 12.6. The molecular formula is C24H37NO5. The maximum atomic E-state index is 12.6. The van der Waals surface area contributed by atoms with Gasteiger partial charge in [-0.1, -0.05) is 44.5 Å². The van der Waals surface area contributed by atoms with E-state index in [2.05, 4.69) is 38.2 Å². The van der Waals surface area contributed by atoms with E-state index >= 15 is 0 Å². The number of esters is 1. The van der Waals surface area contributed by atoms with Gasteiger partial charge < -0.3 is 14.8 Å². The van der Waals surface area contributed by atoms with Crippen LogP contribution >= 0.6 is 0 Å². The first-order valence-electron chi connectivity index (χ1n) is 10.5. The smallest absolute Gasteiger partial charge is 0.408 e. The number of nitrogens with one attached hydrogen (secondary N) is 1. The van der Waals surface area contributed by atoms with Crippen molar-refractivity contribution in [2.75, 3.05) is 13.2 Å². The number of rotatable bonds is 8. The quantitative estimate of drug-likeness (QED) is 0.611. The summed E-state index contributed by atoms with van der Waals surface area (Å²) in [5, 5.41) is 2.49. The van der Waals surface area contributed by atoms with Gasteiger partial charge in [-0.25, -0.2) is 4.79 Å². The van der Waals surface area contributed by atoms with Crippen molar-refractivity contribution in [3.8, 4) is 0 Å². The average Bonchev–Trinajstić information content (AvgIpc) is 2.57. The van der Waals surface area contributed by atoms with Crippen LogP contribution in [0.4, 0.5) is 4.79 Å². The van der Waals surface area contributed by atoms with Gasteiger partial charge in [0.25, 0.3) is 0 Å². The molecule has 0 radical (unpaired) electrons. The van der Waals surface area contributed by atoms with Gasteiger partial charge in [0, 0.05) is 12.3 Å². The van der Waals surface area contributed by atoms with Gasteiger partial charge in [0.1, 0.15) is 5.60 Å². The molecule has 1 aromatic carbocycles. The molecule has 0 bridgehead atoms. The number of hydrogen-bond donors (Lipinski definition) is 1. The summed E-state index contributed by atoms with van der Waals surface area (Å²) in [7, 11) is 0. The number of alkyl carbamates (subject to hydrolysis) is 1. The topological polar surface area (TPSA) is 81.7 Å². The highest BCUT2D eigenvalue weighted by atomic mass is 16.6. The summed E-state index contributed by atoms with van der Waals surface area (Å²) in [6.07, 6.45) is -0.399. The molecule has 6 nitrogen and oxygen atoms in total. The number of aryl methyl sites for hydroxylation is 1. The van der Waals surface area contributed by atoms with E-state index in [4.69, 9.17) is 9.47 Å². The summed E-state index contributed by atoms with van der Waals surface area (Å²) in [6, 6.07) is 6.19. The molecular weight excluding hydrogens is 382 g/mol. The lowest BCUT2D eigenvalue weighted by molar-refractivity contribution is -0.143. The Morgan fingerprint density at radius 2 is 1.63 bits per heavy atom. The number of hydrogen-bond acceptors (Lipinski definition) is 5. The van der Waals surface area contributed by atoms with Crippen molar-refractivity contribution in [1.29, 1.82) is 0 Å². The third kappa shape index (κ3) is 9.42. The summed E-state index contributed by atoms with van der Waals surface area (Å²) in [6.45, 7) is 15.6. The number of amides is 1. The third-order valence-electron chi connectivity index (χ3n) is 4.46. The van der Waals surface area contributed by atoms with E-state index < -0.39 is 11.7 Å². The Labute approximate surface area is 180 Å². The number of benzene rings is 1. The van der Waals surface area contributed by atoms with Gasteiger partial charge in [0.15, 0.2) is 5.78 Å². The fraction of sp³-hybridized carbons (Fsp3) is 0.625. The number of carbonyl (C=O) groups is 3. The predicted octanol–water partition coefficient (Wildman–Crippen LogP) is 4.81. The second-order valence-electron chi connectivity index (χ2n) is 9.69. The Bertz CT molecular complexity index is 756. The Balaban J connectivity index is 2.99. The predicted molar refractivity (Wildman–Crippen MR) is 118 cm³/mol. The molecule has 6 heteroatoms. The second-order valence-corrected chi connectivity index (χ2v) is 9.69. The van der Waals surface area contributed by atoms with Crippen LogP contribution in [-0.2, 0) is 24.5 Å². The summed E-state index contributed by atoms with van der Waals surface area (Å²) in [5.74, 6) is -0.832. The molecule has 30 heavy (non-hydrogen) atoms. The Morgan fingerprint density at radius 3 is 2.17 bits per heavy atom. The van der Waals surface area contributed by atoms with Crippen molar-refractivity contribution in [2.45, 2.75) is 85.2 Å².